The summed E-state index contributed by atoms with van der Waals surface area (Å²) in [6.07, 6.45) is -3.54. The minimum atomic E-state index is -4.44. The number of benzene rings is 1. The zero-order chi connectivity index (χ0) is 11.6. The molecule has 6 heteroatoms. The molecule has 1 aromatic carbocycles. The van der Waals surface area contributed by atoms with Crippen molar-refractivity contribution < 1.29 is 13.2 Å². The van der Waals surface area contributed by atoms with Gasteiger partial charge < -0.3 is 0 Å². The van der Waals surface area contributed by atoms with Crippen molar-refractivity contribution in [2.75, 3.05) is 0 Å². The van der Waals surface area contributed by atoms with Gasteiger partial charge in [0.25, 0.3) is 0 Å². The molecule has 0 bridgehead atoms. The molecule has 84 valence electrons. The molecule has 0 saturated heterocycles. The summed E-state index contributed by atoms with van der Waals surface area (Å²) < 4.78 is 37.8. The number of hydrogen-bond acceptors (Lipinski definition) is 2. The maximum atomic E-state index is 12.2. The van der Waals surface area contributed by atoms with Gasteiger partial charge in [0, 0.05) is 0 Å². The Morgan fingerprint density at radius 3 is 2.38 bits per heavy atom. The Bertz CT molecular complexity index is 462. The minimum absolute atomic E-state index is 0.282. The van der Waals surface area contributed by atoms with Crippen molar-refractivity contribution >= 4 is 0 Å². The van der Waals surface area contributed by atoms with Crippen LogP contribution in [0.3, 0.4) is 0 Å². The predicted octanol–water partition coefficient (Wildman–Crippen LogP) is 2.35. The molecular weight excluding hydrogens is 219 g/mol. The highest BCUT2D eigenvalue weighted by Crippen LogP contribution is 2.26. The number of halogens is 3. The van der Waals surface area contributed by atoms with Crippen LogP contribution in [0.25, 0.3) is 0 Å². The van der Waals surface area contributed by atoms with Gasteiger partial charge in [0.05, 0.1) is 12.7 Å². The first-order valence-corrected chi connectivity index (χ1v) is 4.57. The lowest BCUT2D eigenvalue weighted by atomic mass is 10.2. The van der Waals surface area contributed by atoms with Gasteiger partial charge in [-0.3, -0.25) is 0 Å². The summed E-state index contributed by atoms with van der Waals surface area (Å²) in [5.41, 5.74) is -0.0930. The predicted molar refractivity (Wildman–Crippen MR) is 50.6 cm³/mol. The van der Waals surface area contributed by atoms with Gasteiger partial charge in [-0.1, -0.05) is 35.5 Å². The molecule has 0 radical (unpaired) electrons. The standard InChI is InChI=1S/C10H8F3N3/c11-10(12,13)9-7-16(15-14-9)6-8-4-2-1-3-5-8/h1-5,7H,6H2. The van der Waals surface area contributed by atoms with Crippen molar-refractivity contribution in [2.24, 2.45) is 0 Å². The van der Waals surface area contributed by atoms with Gasteiger partial charge in [-0.2, -0.15) is 13.2 Å². The van der Waals surface area contributed by atoms with Gasteiger partial charge in [0.15, 0.2) is 5.69 Å². The molecule has 16 heavy (non-hydrogen) atoms. The lowest BCUT2D eigenvalue weighted by molar-refractivity contribution is -0.141. The number of hydrogen-bond donors (Lipinski definition) is 0. The van der Waals surface area contributed by atoms with Gasteiger partial charge in [-0.25, -0.2) is 4.68 Å². The van der Waals surface area contributed by atoms with Gasteiger partial charge in [-0.15, -0.1) is 5.10 Å². The van der Waals surface area contributed by atoms with Crippen molar-refractivity contribution in [2.45, 2.75) is 12.7 Å². The SMILES string of the molecule is FC(F)(F)c1cn(Cc2ccccc2)nn1. The average Bonchev–Trinajstić information content (AvgIpc) is 2.67. The summed E-state index contributed by atoms with van der Waals surface area (Å²) in [5.74, 6) is 0. The van der Waals surface area contributed by atoms with Crippen LogP contribution in [0.2, 0.25) is 0 Å². The first kappa shape index (κ1) is 10.7. The molecule has 1 aromatic heterocycles. The van der Waals surface area contributed by atoms with Gasteiger partial charge in [0.1, 0.15) is 0 Å². The third kappa shape index (κ3) is 2.39. The molecule has 0 aliphatic heterocycles. The molecule has 0 atom stereocenters. The van der Waals surface area contributed by atoms with E-state index in [4.69, 9.17) is 0 Å². The first-order valence-electron chi connectivity index (χ1n) is 4.57. The zero-order valence-electron chi connectivity index (χ0n) is 8.15. The van der Waals surface area contributed by atoms with Gasteiger partial charge in [0.2, 0.25) is 0 Å². The van der Waals surface area contributed by atoms with Crippen molar-refractivity contribution in [3.05, 3.63) is 47.8 Å². The van der Waals surface area contributed by atoms with E-state index < -0.39 is 11.9 Å². The maximum absolute atomic E-state index is 12.2. The van der Waals surface area contributed by atoms with Crippen LogP contribution in [0.1, 0.15) is 11.3 Å². The van der Waals surface area contributed by atoms with Crippen molar-refractivity contribution in [1.29, 1.82) is 0 Å². The summed E-state index contributed by atoms with van der Waals surface area (Å²) in [6, 6.07) is 9.10. The van der Waals surface area contributed by atoms with E-state index in [9.17, 15) is 13.2 Å². The van der Waals surface area contributed by atoms with Crippen LogP contribution in [-0.2, 0) is 12.7 Å². The topological polar surface area (TPSA) is 30.7 Å². The molecule has 0 aliphatic rings. The monoisotopic (exact) mass is 227 g/mol. The molecule has 0 spiro atoms. The fraction of sp³-hybridized carbons (Fsp3) is 0.200. The molecule has 3 nitrogen and oxygen atoms in total. The Labute approximate surface area is 89.5 Å². The number of aromatic nitrogens is 3. The molecule has 0 amide bonds. The second kappa shape index (κ2) is 3.96. The summed E-state index contributed by atoms with van der Waals surface area (Å²) in [5, 5.41) is 6.50. The van der Waals surface area contributed by atoms with E-state index in [1.807, 2.05) is 30.3 Å². The first-order chi connectivity index (χ1) is 7.55. The number of alkyl halides is 3. The fourth-order valence-corrected chi connectivity index (χ4v) is 1.28. The highest BCUT2D eigenvalue weighted by molar-refractivity contribution is 5.15. The lowest BCUT2D eigenvalue weighted by Crippen LogP contribution is -2.05. The van der Waals surface area contributed by atoms with E-state index in [0.29, 0.717) is 0 Å². The van der Waals surface area contributed by atoms with Gasteiger partial charge >= 0.3 is 6.18 Å². The molecule has 0 aliphatic carbocycles. The Kier molecular flexibility index (Phi) is 2.64. The molecule has 2 aromatic rings. The van der Waals surface area contributed by atoms with Crippen LogP contribution >= 0.6 is 0 Å². The zero-order valence-corrected chi connectivity index (χ0v) is 8.15. The van der Waals surface area contributed by atoms with E-state index in [-0.39, 0.29) is 6.54 Å². The maximum Gasteiger partial charge on any atom is 0.436 e. The number of rotatable bonds is 2. The summed E-state index contributed by atoms with van der Waals surface area (Å²) >= 11 is 0. The highest BCUT2D eigenvalue weighted by Gasteiger charge is 2.34. The van der Waals surface area contributed by atoms with Crippen LogP contribution in [0.4, 0.5) is 13.2 Å². The largest absolute Gasteiger partial charge is 0.436 e. The highest BCUT2D eigenvalue weighted by atomic mass is 19.4. The van der Waals surface area contributed by atoms with Crippen LogP contribution in [-0.4, -0.2) is 15.0 Å². The second-order valence-electron chi connectivity index (χ2n) is 3.28. The summed E-state index contributed by atoms with van der Waals surface area (Å²) in [6.45, 7) is 0.282. The average molecular weight is 227 g/mol. The van der Waals surface area contributed by atoms with E-state index in [0.717, 1.165) is 16.4 Å². The summed E-state index contributed by atoms with van der Waals surface area (Å²) in [4.78, 5) is 0. The quantitative estimate of drug-likeness (QED) is 0.788. The third-order valence-corrected chi connectivity index (χ3v) is 2.02. The smallest absolute Gasteiger partial charge is 0.248 e. The van der Waals surface area contributed by atoms with Crippen LogP contribution in [0.5, 0.6) is 0 Å². The summed E-state index contributed by atoms with van der Waals surface area (Å²) in [7, 11) is 0. The van der Waals surface area contributed by atoms with Gasteiger partial charge in [-0.05, 0) is 5.56 Å². The molecule has 0 N–H and O–H groups in total. The van der Waals surface area contributed by atoms with E-state index in [1.165, 1.54) is 0 Å². The Hall–Kier alpha value is -1.85. The number of nitrogens with zero attached hydrogens (tertiary/aromatic N) is 3. The van der Waals surface area contributed by atoms with Crippen LogP contribution in [0.15, 0.2) is 36.5 Å². The van der Waals surface area contributed by atoms with Crippen LogP contribution in [0, 0.1) is 0 Å². The van der Waals surface area contributed by atoms with E-state index >= 15 is 0 Å². The van der Waals surface area contributed by atoms with Crippen molar-refractivity contribution in [3.8, 4) is 0 Å². The molecule has 0 unspecified atom stereocenters. The minimum Gasteiger partial charge on any atom is -0.248 e. The Morgan fingerprint density at radius 2 is 1.81 bits per heavy atom. The third-order valence-electron chi connectivity index (χ3n) is 2.02. The fourth-order valence-electron chi connectivity index (χ4n) is 1.28. The molecule has 2 rings (SSSR count). The van der Waals surface area contributed by atoms with Crippen LogP contribution < -0.4 is 0 Å². The molecule has 1 heterocycles. The normalized spacial score (nSPS) is 11.7. The van der Waals surface area contributed by atoms with E-state index in [1.54, 1.807) is 0 Å². The lowest BCUT2D eigenvalue weighted by Gasteiger charge is -2.00. The van der Waals surface area contributed by atoms with E-state index in [2.05, 4.69) is 10.3 Å². The molecule has 0 fully saturated rings. The Balaban J connectivity index is 2.15. The molecule has 0 saturated carbocycles. The molecular formula is C10H8F3N3. The van der Waals surface area contributed by atoms with Crippen molar-refractivity contribution in [3.63, 3.8) is 0 Å². The second-order valence-corrected chi connectivity index (χ2v) is 3.28. The van der Waals surface area contributed by atoms with Crippen molar-refractivity contribution in [1.82, 2.24) is 15.0 Å². The Morgan fingerprint density at radius 1 is 1.12 bits per heavy atom.